The predicted octanol–water partition coefficient (Wildman–Crippen LogP) is 15.6. The van der Waals surface area contributed by atoms with Crippen LogP contribution < -0.4 is 0 Å². The fourth-order valence-corrected chi connectivity index (χ4v) is 9.39. The quantitative estimate of drug-likeness (QED) is 0.170. The van der Waals surface area contributed by atoms with Crippen molar-refractivity contribution in [1.82, 2.24) is 0 Å². The Morgan fingerprint density at radius 2 is 0.643 bits per heavy atom. The third kappa shape index (κ3) is 4.44. The minimum atomic E-state index is 0.871. The summed E-state index contributed by atoms with van der Waals surface area (Å²) in [6, 6.07) is 69.8. The lowest BCUT2D eigenvalue weighted by Crippen LogP contribution is -1.93. The molecule has 12 rings (SSSR count). The van der Waals surface area contributed by atoms with Crippen molar-refractivity contribution in [3.63, 3.8) is 0 Å². The summed E-state index contributed by atoms with van der Waals surface area (Å²) < 4.78 is 13.0. The van der Waals surface area contributed by atoms with E-state index in [1.54, 1.807) is 0 Å². The summed E-state index contributed by atoms with van der Waals surface area (Å²) in [4.78, 5) is 0. The zero-order valence-corrected chi connectivity index (χ0v) is 30.3. The molecule has 0 amide bonds. The summed E-state index contributed by atoms with van der Waals surface area (Å²) in [5, 5.41) is 11.8. The van der Waals surface area contributed by atoms with Crippen molar-refractivity contribution >= 4 is 76.2 Å². The van der Waals surface area contributed by atoms with Gasteiger partial charge in [0.1, 0.15) is 22.3 Å². The lowest BCUT2D eigenvalue weighted by molar-refractivity contribution is 0.669. The number of para-hydroxylation sites is 2. The highest BCUT2D eigenvalue weighted by Gasteiger charge is 2.24. The van der Waals surface area contributed by atoms with Crippen molar-refractivity contribution in [2.75, 3.05) is 0 Å². The molecule has 0 N–H and O–H groups in total. The zero-order chi connectivity index (χ0) is 36.7. The molecule has 0 saturated heterocycles. The van der Waals surface area contributed by atoms with Gasteiger partial charge in [-0.15, -0.1) is 0 Å². The van der Waals surface area contributed by atoms with Crippen molar-refractivity contribution in [2.45, 2.75) is 0 Å². The van der Waals surface area contributed by atoms with E-state index in [0.717, 1.165) is 66.1 Å². The Bertz CT molecular complexity index is 3470. The van der Waals surface area contributed by atoms with Gasteiger partial charge in [0.15, 0.2) is 0 Å². The molecule has 2 heterocycles. The standard InChI is InChI=1S/C54H32O2/c1-2-15-33(16-3-1)50-36-19-6-8-21-38(36)51(39-22-9-7-20-37(39)50)41-29-30-42(35-18-5-4-17-34(35)41)53-43(31-32-49-54(53)45-24-11-13-27-47(45)56-49)40-25-14-28-48-52(40)44-23-10-12-26-46(44)55-48/h1-32H. The molecule has 12 aromatic rings. The summed E-state index contributed by atoms with van der Waals surface area (Å²) >= 11 is 0. The topological polar surface area (TPSA) is 26.3 Å². The maximum Gasteiger partial charge on any atom is 0.136 e. The van der Waals surface area contributed by atoms with Gasteiger partial charge in [-0.05, 0) is 102 Å². The summed E-state index contributed by atoms with van der Waals surface area (Å²) in [6.45, 7) is 0. The number of hydrogen-bond acceptors (Lipinski definition) is 2. The van der Waals surface area contributed by atoms with Crippen molar-refractivity contribution in [2.24, 2.45) is 0 Å². The number of fused-ring (bicyclic) bond motifs is 9. The highest BCUT2D eigenvalue weighted by atomic mass is 16.3. The lowest BCUT2D eigenvalue weighted by atomic mass is 9.82. The number of benzene rings is 10. The molecule has 2 heteroatoms. The van der Waals surface area contributed by atoms with Crippen LogP contribution in [-0.4, -0.2) is 0 Å². The van der Waals surface area contributed by atoms with Crippen LogP contribution in [0.3, 0.4) is 0 Å². The van der Waals surface area contributed by atoms with Crippen LogP contribution in [0.15, 0.2) is 203 Å². The Labute approximate surface area is 322 Å². The average Bonchev–Trinajstić information content (AvgIpc) is 3.84. The fraction of sp³-hybridized carbons (Fsp3) is 0. The highest BCUT2D eigenvalue weighted by Crippen LogP contribution is 2.50. The van der Waals surface area contributed by atoms with Gasteiger partial charge >= 0.3 is 0 Å². The summed E-state index contributed by atoms with van der Waals surface area (Å²) in [6.07, 6.45) is 0. The Balaban J connectivity index is 1.20. The van der Waals surface area contributed by atoms with Crippen LogP contribution in [0.4, 0.5) is 0 Å². The average molecular weight is 713 g/mol. The predicted molar refractivity (Wildman–Crippen MR) is 235 cm³/mol. The van der Waals surface area contributed by atoms with Crippen LogP contribution in [0.1, 0.15) is 0 Å². The van der Waals surface area contributed by atoms with Crippen LogP contribution in [0.5, 0.6) is 0 Å². The molecule has 0 fully saturated rings. The molecule has 0 aliphatic carbocycles. The third-order valence-electron chi connectivity index (χ3n) is 11.7. The smallest absolute Gasteiger partial charge is 0.136 e. The monoisotopic (exact) mass is 712 g/mol. The van der Waals surface area contributed by atoms with Crippen molar-refractivity contribution in [1.29, 1.82) is 0 Å². The third-order valence-corrected chi connectivity index (χ3v) is 11.7. The van der Waals surface area contributed by atoms with E-state index in [1.807, 2.05) is 12.1 Å². The van der Waals surface area contributed by atoms with Crippen LogP contribution in [0.2, 0.25) is 0 Å². The van der Waals surface area contributed by atoms with E-state index < -0.39 is 0 Å². The molecule has 260 valence electrons. The lowest BCUT2D eigenvalue weighted by Gasteiger charge is -2.20. The maximum atomic E-state index is 6.58. The van der Waals surface area contributed by atoms with E-state index in [-0.39, 0.29) is 0 Å². The van der Waals surface area contributed by atoms with Gasteiger partial charge in [0.25, 0.3) is 0 Å². The fourth-order valence-electron chi connectivity index (χ4n) is 9.39. The first-order valence-electron chi connectivity index (χ1n) is 19.2. The van der Waals surface area contributed by atoms with Gasteiger partial charge < -0.3 is 8.83 Å². The second-order valence-corrected chi connectivity index (χ2v) is 14.6. The molecule has 2 nitrogen and oxygen atoms in total. The first kappa shape index (κ1) is 31.0. The minimum absolute atomic E-state index is 0.871. The molecule has 0 aliphatic heterocycles. The molecule has 2 aromatic heterocycles. The van der Waals surface area contributed by atoms with Crippen molar-refractivity contribution < 1.29 is 8.83 Å². The molecule has 0 unspecified atom stereocenters. The SMILES string of the molecule is c1ccc(-c2c3ccccc3c(-c3ccc(-c4c(-c5cccc6oc7ccccc7c56)ccc5oc6ccccc6c45)c4ccccc34)c3ccccc23)cc1. The summed E-state index contributed by atoms with van der Waals surface area (Å²) in [7, 11) is 0. The Hall–Kier alpha value is -7.42. The number of rotatable bonds is 4. The van der Waals surface area contributed by atoms with Crippen LogP contribution in [0, 0.1) is 0 Å². The first-order chi connectivity index (χ1) is 27.8. The summed E-state index contributed by atoms with van der Waals surface area (Å²) in [5.74, 6) is 0. The van der Waals surface area contributed by atoms with Gasteiger partial charge in [-0.25, -0.2) is 0 Å². The van der Waals surface area contributed by atoms with Gasteiger partial charge in [0.2, 0.25) is 0 Å². The van der Waals surface area contributed by atoms with Crippen LogP contribution in [0.25, 0.3) is 121 Å². The van der Waals surface area contributed by atoms with Gasteiger partial charge in [0, 0.05) is 27.1 Å². The van der Waals surface area contributed by atoms with Gasteiger partial charge in [-0.2, -0.15) is 0 Å². The van der Waals surface area contributed by atoms with Crippen LogP contribution in [-0.2, 0) is 0 Å². The van der Waals surface area contributed by atoms with E-state index in [1.165, 1.54) is 54.6 Å². The molecule has 0 saturated carbocycles. The van der Waals surface area contributed by atoms with E-state index in [4.69, 9.17) is 8.83 Å². The van der Waals surface area contributed by atoms with Gasteiger partial charge in [-0.3, -0.25) is 0 Å². The van der Waals surface area contributed by atoms with E-state index in [9.17, 15) is 0 Å². The molecular formula is C54H32O2. The first-order valence-corrected chi connectivity index (χ1v) is 19.2. The Morgan fingerprint density at radius 1 is 0.214 bits per heavy atom. The molecule has 0 bridgehead atoms. The second kappa shape index (κ2) is 12.0. The molecule has 56 heavy (non-hydrogen) atoms. The van der Waals surface area contributed by atoms with Gasteiger partial charge in [-0.1, -0.05) is 164 Å². The van der Waals surface area contributed by atoms with E-state index in [2.05, 4.69) is 182 Å². The normalized spacial score (nSPS) is 11.9. The minimum Gasteiger partial charge on any atom is -0.456 e. The Morgan fingerprint density at radius 3 is 1.25 bits per heavy atom. The highest BCUT2D eigenvalue weighted by molar-refractivity contribution is 6.26. The van der Waals surface area contributed by atoms with Crippen molar-refractivity contribution in [3.8, 4) is 44.5 Å². The largest absolute Gasteiger partial charge is 0.456 e. The van der Waals surface area contributed by atoms with E-state index >= 15 is 0 Å². The number of hydrogen-bond donors (Lipinski definition) is 0. The van der Waals surface area contributed by atoms with Crippen LogP contribution >= 0.6 is 0 Å². The molecule has 0 radical (unpaired) electrons. The molecule has 0 aliphatic rings. The maximum absolute atomic E-state index is 6.58. The summed E-state index contributed by atoms with van der Waals surface area (Å²) in [5.41, 5.74) is 13.1. The Kier molecular flexibility index (Phi) is 6.66. The molecular weight excluding hydrogens is 681 g/mol. The van der Waals surface area contributed by atoms with E-state index in [0.29, 0.717) is 0 Å². The molecule has 10 aromatic carbocycles. The zero-order valence-electron chi connectivity index (χ0n) is 30.3. The second-order valence-electron chi connectivity index (χ2n) is 14.6. The number of furan rings is 2. The molecule has 0 atom stereocenters. The van der Waals surface area contributed by atoms with Gasteiger partial charge in [0.05, 0.1) is 0 Å². The van der Waals surface area contributed by atoms with Crippen molar-refractivity contribution in [3.05, 3.63) is 194 Å². The molecule has 0 spiro atoms.